The predicted molar refractivity (Wildman–Crippen MR) is 56.9 cm³/mol. The molecule has 3 heteroatoms. The first-order valence-corrected chi connectivity index (χ1v) is 5.35. The number of unbranched alkanes of at least 4 members (excludes halogenated alkanes) is 1. The fourth-order valence-electron chi connectivity index (χ4n) is 1.18. The van der Waals surface area contributed by atoms with E-state index >= 15 is 0 Å². The van der Waals surface area contributed by atoms with Crippen molar-refractivity contribution >= 4 is 0 Å². The average molecular weight is 188 g/mol. The van der Waals surface area contributed by atoms with Crippen LogP contribution in [0.25, 0.3) is 0 Å². The van der Waals surface area contributed by atoms with E-state index in [1.165, 1.54) is 0 Å². The second-order valence-electron chi connectivity index (χ2n) is 3.14. The molecule has 2 N–H and O–H groups in total. The van der Waals surface area contributed by atoms with Gasteiger partial charge in [-0.1, -0.05) is 13.8 Å². The van der Waals surface area contributed by atoms with Gasteiger partial charge in [0.15, 0.2) is 0 Å². The van der Waals surface area contributed by atoms with Gasteiger partial charge in [-0.25, -0.2) is 0 Å². The molecule has 80 valence electrons. The molecule has 0 bridgehead atoms. The van der Waals surface area contributed by atoms with E-state index in [1.54, 1.807) is 0 Å². The Kier molecular flexibility index (Phi) is 9.87. The van der Waals surface area contributed by atoms with Gasteiger partial charge in [0.25, 0.3) is 0 Å². The SMILES string of the molecule is CCN(CC)CCOCCCCN. The van der Waals surface area contributed by atoms with Crippen molar-refractivity contribution in [1.29, 1.82) is 0 Å². The lowest BCUT2D eigenvalue weighted by Crippen LogP contribution is -2.27. The lowest BCUT2D eigenvalue weighted by Gasteiger charge is -2.17. The van der Waals surface area contributed by atoms with Crippen molar-refractivity contribution < 1.29 is 4.74 Å². The zero-order chi connectivity index (χ0) is 9.94. The van der Waals surface area contributed by atoms with Crippen LogP contribution in [0.5, 0.6) is 0 Å². The Hall–Kier alpha value is -0.120. The lowest BCUT2D eigenvalue weighted by atomic mass is 10.3. The Morgan fingerprint density at radius 3 is 2.31 bits per heavy atom. The summed E-state index contributed by atoms with van der Waals surface area (Å²) in [5, 5.41) is 0. The maximum absolute atomic E-state index is 5.47. The smallest absolute Gasteiger partial charge is 0.0593 e. The quantitative estimate of drug-likeness (QED) is 0.550. The van der Waals surface area contributed by atoms with Gasteiger partial charge >= 0.3 is 0 Å². The van der Waals surface area contributed by atoms with Crippen LogP contribution in [0.1, 0.15) is 26.7 Å². The fraction of sp³-hybridized carbons (Fsp3) is 1.00. The van der Waals surface area contributed by atoms with E-state index in [0.717, 1.165) is 52.2 Å². The van der Waals surface area contributed by atoms with Crippen LogP contribution in [-0.2, 0) is 4.74 Å². The molecule has 0 aromatic rings. The number of likely N-dealkylation sites (N-methyl/N-ethyl adjacent to an activating group) is 1. The molecule has 0 aliphatic rings. The van der Waals surface area contributed by atoms with Crippen LogP contribution in [-0.4, -0.2) is 44.3 Å². The van der Waals surface area contributed by atoms with E-state index in [0.29, 0.717) is 0 Å². The molecular formula is C10H24N2O. The third kappa shape index (κ3) is 8.22. The topological polar surface area (TPSA) is 38.5 Å². The molecule has 0 fully saturated rings. The average Bonchev–Trinajstić information content (AvgIpc) is 2.17. The van der Waals surface area contributed by atoms with Gasteiger partial charge in [-0.3, -0.25) is 0 Å². The summed E-state index contributed by atoms with van der Waals surface area (Å²) in [4.78, 5) is 2.36. The van der Waals surface area contributed by atoms with Crippen molar-refractivity contribution in [2.75, 3.05) is 39.4 Å². The molecule has 0 aliphatic carbocycles. The number of hydrogen-bond acceptors (Lipinski definition) is 3. The zero-order valence-electron chi connectivity index (χ0n) is 9.09. The van der Waals surface area contributed by atoms with Crippen LogP contribution in [0, 0.1) is 0 Å². The summed E-state index contributed by atoms with van der Waals surface area (Å²) in [5.74, 6) is 0. The highest BCUT2D eigenvalue weighted by atomic mass is 16.5. The molecule has 0 radical (unpaired) electrons. The normalized spacial score (nSPS) is 11.1. The largest absolute Gasteiger partial charge is 0.380 e. The zero-order valence-corrected chi connectivity index (χ0v) is 9.09. The van der Waals surface area contributed by atoms with Crippen molar-refractivity contribution in [3.63, 3.8) is 0 Å². The molecule has 0 heterocycles. The van der Waals surface area contributed by atoms with Gasteiger partial charge in [-0.05, 0) is 32.5 Å². The third-order valence-corrected chi connectivity index (χ3v) is 2.19. The van der Waals surface area contributed by atoms with Crippen molar-refractivity contribution in [3.8, 4) is 0 Å². The molecule has 0 saturated carbocycles. The summed E-state index contributed by atoms with van der Waals surface area (Å²) >= 11 is 0. The van der Waals surface area contributed by atoms with Gasteiger partial charge in [-0.15, -0.1) is 0 Å². The highest BCUT2D eigenvalue weighted by molar-refractivity contribution is 4.50. The number of hydrogen-bond donors (Lipinski definition) is 1. The minimum Gasteiger partial charge on any atom is -0.380 e. The van der Waals surface area contributed by atoms with Gasteiger partial charge in [0.05, 0.1) is 6.61 Å². The molecule has 0 rings (SSSR count). The minimum atomic E-state index is 0.777. The Balaban J connectivity index is 3.05. The molecule has 0 spiro atoms. The fourth-order valence-corrected chi connectivity index (χ4v) is 1.18. The second-order valence-corrected chi connectivity index (χ2v) is 3.14. The Morgan fingerprint density at radius 1 is 1.08 bits per heavy atom. The number of rotatable bonds is 9. The van der Waals surface area contributed by atoms with Crippen LogP contribution in [0.2, 0.25) is 0 Å². The molecule has 0 amide bonds. The highest BCUT2D eigenvalue weighted by Crippen LogP contribution is 1.90. The first-order chi connectivity index (χ1) is 6.35. The number of ether oxygens (including phenoxy) is 1. The van der Waals surface area contributed by atoms with E-state index in [9.17, 15) is 0 Å². The van der Waals surface area contributed by atoms with Crippen LogP contribution in [0.3, 0.4) is 0 Å². The summed E-state index contributed by atoms with van der Waals surface area (Å²) in [7, 11) is 0. The van der Waals surface area contributed by atoms with Crippen molar-refractivity contribution in [3.05, 3.63) is 0 Å². The van der Waals surface area contributed by atoms with Crippen LogP contribution < -0.4 is 5.73 Å². The molecule has 0 aromatic carbocycles. The summed E-state index contributed by atoms with van der Waals surface area (Å²) in [6, 6.07) is 0. The van der Waals surface area contributed by atoms with Crippen LogP contribution in [0.4, 0.5) is 0 Å². The standard InChI is InChI=1S/C10H24N2O/c1-3-12(4-2)8-10-13-9-6-5-7-11/h3-11H2,1-2H3. The van der Waals surface area contributed by atoms with E-state index < -0.39 is 0 Å². The summed E-state index contributed by atoms with van der Waals surface area (Å²) in [6.45, 7) is 10.1. The molecule has 13 heavy (non-hydrogen) atoms. The molecule has 0 atom stereocenters. The second kappa shape index (κ2) is 9.96. The van der Waals surface area contributed by atoms with Crippen molar-refractivity contribution in [2.45, 2.75) is 26.7 Å². The van der Waals surface area contributed by atoms with E-state index in [2.05, 4.69) is 18.7 Å². The number of nitrogens with two attached hydrogens (primary N) is 1. The summed E-state index contributed by atoms with van der Waals surface area (Å²) in [5.41, 5.74) is 5.37. The molecule has 0 saturated heterocycles. The molecule has 0 aromatic heterocycles. The molecule has 0 unspecified atom stereocenters. The Labute approximate surface area is 82.2 Å². The number of nitrogens with zero attached hydrogens (tertiary/aromatic N) is 1. The first kappa shape index (κ1) is 12.9. The summed E-state index contributed by atoms with van der Waals surface area (Å²) in [6.07, 6.45) is 2.17. The van der Waals surface area contributed by atoms with E-state index in [1.807, 2.05) is 0 Å². The Bertz CT molecular complexity index is 94.9. The van der Waals surface area contributed by atoms with Crippen molar-refractivity contribution in [1.82, 2.24) is 4.90 Å². The van der Waals surface area contributed by atoms with Gasteiger partial charge < -0.3 is 15.4 Å². The van der Waals surface area contributed by atoms with Gasteiger partial charge in [0.2, 0.25) is 0 Å². The predicted octanol–water partition coefficient (Wildman–Crippen LogP) is 1.08. The highest BCUT2D eigenvalue weighted by Gasteiger charge is 1.97. The molecule has 0 aliphatic heterocycles. The Morgan fingerprint density at radius 2 is 1.77 bits per heavy atom. The molecular weight excluding hydrogens is 164 g/mol. The molecule has 3 nitrogen and oxygen atoms in total. The monoisotopic (exact) mass is 188 g/mol. The third-order valence-electron chi connectivity index (χ3n) is 2.19. The van der Waals surface area contributed by atoms with E-state index in [-0.39, 0.29) is 0 Å². The minimum absolute atomic E-state index is 0.777. The van der Waals surface area contributed by atoms with Crippen LogP contribution in [0.15, 0.2) is 0 Å². The van der Waals surface area contributed by atoms with Crippen molar-refractivity contribution in [2.24, 2.45) is 5.73 Å². The maximum Gasteiger partial charge on any atom is 0.0593 e. The lowest BCUT2D eigenvalue weighted by molar-refractivity contribution is 0.104. The van der Waals surface area contributed by atoms with Gasteiger partial charge in [-0.2, -0.15) is 0 Å². The van der Waals surface area contributed by atoms with Gasteiger partial charge in [0, 0.05) is 13.2 Å². The van der Waals surface area contributed by atoms with E-state index in [4.69, 9.17) is 10.5 Å². The van der Waals surface area contributed by atoms with Gasteiger partial charge in [0.1, 0.15) is 0 Å². The van der Waals surface area contributed by atoms with Crippen LogP contribution >= 0.6 is 0 Å². The first-order valence-electron chi connectivity index (χ1n) is 5.35. The summed E-state index contributed by atoms with van der Waals surface area (Å²) < 4.78 is 5.47. The maximum atomic E-state index is 5.47.